The number of hydrogen-bond donors (Lipinski definition) is 0. The van der Waals surface area contributed by atoms with Crippen molar-refractivity contribution in [3.05, 3.63) is 53.8 Å². The zero-order valence-electron chi connectivity index (χ0n) is 20.5. The molecular formula is C29H39FO4. The van der Waals surface area contributed by atoms with Gasteiger partial charge in [-0.25, -0.2) is 4.39 Å². The minimum Gasteiger partial charge on any atom is -0.494 e. The van der Waals surface area contributed by atoms with Gasteiger partial charge in [0, 0.05) is 12.2 Å². The van der Waals surface area contributed by atoms with Crippen LogP contribution in [-0.4, -0.2) is 31.9 Å². The van der Waals surface area contributed by atoms with E-state index in [2.05, 4.69) is 0 Å². The highest BCUT2D eigenvalue weighted by Crippen LogP contribution is 2.26. The summed E-state index contributed by atoms with van der Waals surface area (Å²) in [6.07, 6.45) is 12.6. The first-order valence-electron chi connectivity index (χ1n) is 12.9. The highest BCUT2D eigenvalue weighted by Gasteiger charge is 2.23. The maximum Gasteiger partial charge on any atom is 0.308 e. The summed E-state index contributed by atoms with van der Waals surface area (Å²) in [4.78, 5) is 11.0. The predicted molar refractivity (Wildman–Crippen MR) is 134 cm³/mol. The van der Waals surface area contributed by atoms with Gasteiger partial charge in [-0.3, -0.25) is 4.79 Å². The molecule has 1 unspecified atom stereocenters. The molecule has 34 heavy (non-hydrogen) atoms. The third-order valence-electron chi connectivity index (χ3n) is 6.28. The van der Waals surface area contributed by atoms with Crippen LogP contribution < -0.4 is 4.74 Å². The van der Waals surface area contributed by atoms with Gasteiger partial charge in [-0.2, -0.15) is 0 Å². The molecule has 4 nitrogen and oxygen atoms in total. The number of esters is 1. The Bertz CT molecular complexity index is 865. The second kappa shape index (κ2) is 14.8. The molecule has 0 amide bonds. The van der Waals surface area contributed by atoms with E-state index in [1.54, 1.807) is 6.07 Å². The van der Waals surface area contributed by atoms with Crippen molar-refractivity contribution in [3.8, 4) is 16.9 Å². The summed E-state index contributed by atoms with van der Waals surface area (Å²) in [6, 6.07) is 13.0. The maximum atomic E-state index is 14.1. The molecule has 5 heteroatoms. The lowest BCUT2D eigenvalue weighted by Gasteiger charge is -2.09. The lowest BCUT2D eigenvalue weighted by Crippen LogP contribution is -2.13. The molecule has 1 saturated heterocycles. The van der Waals surface area contributed by atoms with Gasteiger partial charge in [0.1, 0.15) is 24.3 Å². The molecule has 1 fully saturated rings. The van der Waals surface area contributed by atoms with Gasteiger partial charge in [0.2, 0.25) is 0 Å². The van der Waals surface area contributed by atoms with Crippen LogP contribution in [0.5, 0.6) is 5.75 Å². The van der Waals surface area contributed by atoms with Crippen LogP contribution in [0.15, 0.2) is 42.5 Å². The molecule has 2 aromatic rings. The number of cyclic esters (lactones) is 1. The number of carbonyl (C=O) groups is 1. The lowest BCUT2D eigenvalue weighted by atomic mass is 10.0. The van der Waals surface area contributed by atoms with Gasteiger partial charge in [0.25, 0.3) is 0 Å². The Morgan fingerprint density at radius 1 is 0.853 bits per heavy atom. The van der Waals surface area contributed by atoms with Gasteiger partial charge >= 0.3 is 5.97 Å². The van der Waals surface area contributed by atoms with Crippen LogP contribution in [0.4, 0.5) is 4.39 Å². The fraction of sp³-hybridized carbons (Fsp3) is 0.552. The highest BCUT2D eigenvalue weighted by molar-refractivity contribution is 5.71. The minimum atomic E-state index is -0.187. The second-order valence-corrected chi connectivity index (χ2v) is 9.27. The van der Waals surface area contributed by atoms with Crippen LogP contribution in [0, 0.1) is 12.7 Å². The van der Waals surface area contributed by atoms with Crippen LogP contribution in [0.2, 0.25) is 0 Å². The molecule has 1 aliphatic rings. The average molecular weight is 471 g/mol. The fourth-order valence-electron chi connectivity index (χ4n) is 4.24. The van der Waals surface area contributed by atoms with Gasteiger partial charge in [0.15, 0.2) is 0 Å². The van der Waals surface area contributed by atoms with Crippen molar-refractivity contribution in [2.24, 2.45) is 0 Å². The molecule has 1 heterocycles. The summed E-state index contributed by atoms with van der Waals surface area (Å²) in [5.74, 6) is 0.514. The molecule has 3 rings (SSSR count). The summed E-state index contributed by atoms with van der Waals surface area (Å²) in [6.45, 7) is 3.78. The second-order valence-electron chi connectivity index (χ2n) is 9.27. The molecule has 2 aromatic carbocycles. The van der Waals surface area contributed by atoms with Crippen LogP contribution in [0.1, 0.15) is 76.2 Å². The summed E-state index contributed by atoms with van der Waals surface area (Å²) in [5, 5.41) is 0. The quantitative estimate of drug-likeness (QED) is 0.189. The number of ether oxygens (including phenoxy) is 3. The van der Waals surface area contributed by atoms with Crippen LogP contribution in [-0.2, 0) is 14.3 Å². The van der Waals surface area contributed by atoms with E-state index in [-0.39, 0.29) is 17.9 Å². The van der Waals surface area contributed by atoms with Gasteiger partial charge < -0.3 is 14.2 Å². The molecule has 0 aromatic heterocycles. The summed E-state index contributed by atoms with van der Waals surface area (Å²) < 4.78 is 30.5. The Kier molecular flexibility index (Phi) is 11.4. The number of benzene rings is 2. The predicted octanol–water partition coefficient (Wildman–Crippen LogP) is 7.41. The molecule has 1 atom stereocenters. The zero-order valence-corrected chi connectivity index (χ0v) is 20.5. The smallest absolute Gasteiger partial charge is 0.308 e. The minimum absolute atomic E-state index is 0.0199. The molecule has 0 bridgehead atoms. The topological polar surface area (TPSA) is 44.8 Å². The Hall–Kier alpha value is -2.40. The number of rotatable bonds is 16. The van der Waals surface area contributed by atoms with Crippen molar-refractivity contribution in [1.82, 2.24) is 0 Å². The van der Waals surface area contributed by atoms with E-state index in [1.165, 1.54) is 51.4 Å². The number of carbonyl (C=O) groups excluding carboxylic acids is 1. The highest BCUT2D eigenvalue weighted by atomic mass is 19.1. The molecule has 186 valence electrons. The van der Waals surface area contributed by atoms with Gasteiger partial charge in [-0.1, -0.05) is 75.6 Å². The van der Waals surface area contributed by atoms with Gasteiger partial charge in [-0.15, -0.1) is 0 Å². The standard InChI is InChI=1S/C29H39FO4/c1-23-12-17-27(28(30)20-23)24-13-15-25(16-14-24)32-18-10-8-6-4-2-3-5-7-9-11-19-33-26-21-29(31)34-22-26/h12-17,20,26H,2-11,18-19,21-22H2,1H3. The SMILES string of the molecule is Cc1ccc(-c2ccc(OCCCCCCCCCCCCOC3COC(=O)C3)cc2)c(F)c1. The van der Waals surface area contributed by atoms with Crippen molar-refractivity contribution < 1.29 is 23.4 Å². The van der Waals surface area contributed by atoms with Crippen LogP contribution >= 0.6 is 0 Å². The van der Waals surface area contributed by atoms with E-state index in [0.717, 1.165) is 42.9 Å². The van der Waals surface area contributed by atoms with Crippen LogP contribution in [0.25, 0.3) is 11.1 Å². The van der Waals surface area contributed by atoms with Gasteiger partial charge in [-0.05, 0) is 49.1 Å². The molecule has 0 radical (unpaired) electrons. The Balaban J connectivity index is 1.12. The third kappa shape index (κ3) is 9.46. The number of unbranched alkanes of at least 4 members (excludes halogenated alkanes) is 9. The van der Waals surface area contributed by atoms with Crippen molar-refractivity contribution in [3.63, 3.8) is 0 Å². The lowest BCUT2D eigenvalue weighted by molar-refractivity contribution is -0.137. The Morgan fingerprint density at radius 2 is 1.47 bits per heavy atom. The molecule has 0 saturated carbocycles. The fourth-order valence-corrected chi connectivity index (χ4v) is 4.24. The zero-order chi connectivity index (χ0) is 24.0. The number of hydrogen-bond acceptors (Lipinski definition) is 4. The van der Waals surface area contributed by atoms with Crippen molar-refractivity contribution in [2.75, 3.05) is 19.8 Å². The van der Waals surface area contributed by atoms with E-state index in [0.29, 0.717) is 18.6 Å². The maximum absolute atomic E-state index is 14.1. The Morgan fingerprint density at radius 3 is 2.06 bits per heavy atom. The summed E-state index contributed by atoms with van der Waals surface area (Å²) in [7, 11) is 0. The Labute approximate surface area is 203 Å². The van der Waals surface area contributed by atoms with E-state index >= 15 is 0 Å². The normalized spacial score (nSPS) is 15.5. The van der Waals surface area contributed by atoms with E-state index in [4.69, 9.17) is 14.2 Å². The first kappa shape index (κ1) is 26.2. The molecule has 1 aliphatic heterocycles. The largest absolute Gasteiger partial charge is 0.494 e. The van der Waals surface area contributed by atoms with Crippen molar-refractivity contribution in [1.29, 1.82) is 0 Å². The average Bonchev–Trinajstić information content (AvgIpc) is 3.25. The molecule has 0 aliphatic carbocycles. The number of halogens is 1. The monoisotopic (exact) mass is 470 g/mol. The molecule has 0 spiro atoms. The van der Waals surface area contributed by atoms with Crippen molar-refractivity contribution >= 4 is 5.97 Å². The molecule has 0 N–H and O–H groups in total. The van der Waals surface area contributed by atoms with E-state index < -0.39 is 0 Å². The van der Waals surface area contributed by atoms with E-state index in [9.17, 15) is 9.18 Å². The summed E-state index contributed by atoms with van der Waals surface area (Å²) >= 11 is 0. The first-order valence-corrected chi connectivity index (χ1v) is 12.9. The first-order chi connectivity index (χ1) is 16.6. The number of aryl methyl sites for hydroxylation is 1. The van der Waals surface area contributed by atoms with Crippen molar-refractivity contribution in [2.45, 2.75) is 83.7 Å². The third-order valence-corrected chi connectivity index (χ3v) is 6.28. The van der Waals surface area contributed by atoms with Crippen LogP contribution in [0.3, 0.4) is 0 Å². The molecular weight excluding hydrogens is 431 g/mol. The van der Waals surface area contributed by atoms with Gasteiger partial charge in [0.05, 0.1) is 13.0 Å². The summed E-state index contributed by atoms with van der Waals surface area (Å²) in [5.41, 5.74) is 2.42. The van der Waals surface area contributed by atoms with E-state index in [1.807, 2.05) is 43.3 Å².